The Balaban J connectivity index is 3.08. The van der Waals surface area contributed by atoms with Gasteiger partial charge in [0.15, 0.2) is 0 Å². The number of carbonyl (C=O) groups excluding carboxylic acids is 1. The predicted octanol–water partition coefficient (Wildman–Crippen LogP) is 2.24. The fourth-order valence-electron chi connectivity index (χ4n) is 1.45. The number of hydrogen-bond acceptors (Lipinski definition) is 4. The van der Waals surface area contributed by atoms with E-state index < -0.39 is 12.4 Å². The molecular formula is C11H13ClF2N2O2. The Labute approximate surface area is 108 Å². The normalized spacial score (nSPS) is 10.8. The van der Waals surface area contributed by atoms with E-state index in [9.17, 15) is 13.6 Å². The number of nitrogens with two attached hydrogens (primary N) is 1. The van der Waals surface area contributed by atoms with Gasteiger partial charge in [0, 0.05) is 18.3 Å². The van der Waals surface area contributed by atoms with E-state index in [1.54, 1.807) is 6.92 Å². The summed E-state index contributed by atoms with van der Waals surface area (Å²) < 4.78 is 30.4. The minimum absolute atomic E-state index is 0.0719. The highest BCUT2D eigenvalue weighted by Gasteiger charge is 2.21. The first-order valence-electron chi connectivity index (χ1n) is 5.31. The van der Waals surface area contributed by atoms with Crippen LogP contribution in [-0.4, -0.2) is 17.6 Å². The van der Waals surface area contributed by atoms with Crippen LogP contribution in [0.15, 0.2) is 6.20 Å². The highest BCUT2D eigenvalue weighted by molar-refractivity contribution is 6.32. The molecule has 0 bridgehead atoms. The number of rotatable bonds is 5. The third kappa shape index (κ3) is 3.36. The number of nitrogens with zero attached hydrogens (tertiary/aromatic N) is 1. The van der Waals surface area contributed by atoms with Gasteiger partial charge >= 0.3 is 5.97 Å². The lowest BCUT2D eigenvalue weighted by Crippen LogP contribution is -2.12. The van der Waals surface area contributed by atoms with Gasteiger partial charge in [0.1, 0.15) is 0 Å². The molecule has 0 saturated carbocycles. The summed E-state index contributed by atoms with van der Waals surface area (Å²) in [6.45, 7) is 1.76. The molecule has 0 spiro atoms. The van der Waals surface area contributed by atoms with E-state index >= 15 is 0 Å². The van der Waals surface area contributed by atoms with Crippen LogP contribution < -0.4 is 5.73 Å². The molecule has 0 unspecified atom stereocenters. The Kier molecular flexibility index (Phi) is 5.43. The zero-order valence-electron chi connectivity index (χ0n) is 9.75. The van der Waals surface area contributed by atoms with Crippen molar-refractivity contribution in [1.29, 1.82) is 0 Å². The number of aromatic nitrogens is 1. The SMILES string of the molecule is CCOC(=O)Cc1ncc(CN)c(C(F)F)c1Cl. The average Bonchev–Trinajstić information content (AvgIpc) is 2.31. The van der Waals surface area contributed by atoms with Gasteiger partial charge in [0.2, 0.25) is 0 Å². The standard InChI is InChI=1S/C11H13ClF2N2O2/c1-2-18-8(17)3-7-10(12)9(11(13)14)6(4-15)5-16-7/h5,11H,2-4,15H2,1H3. The van der Waals surface area contributed by atoms with Gasteiger partial charge in [-0.2, -0.15) is 0 Å². The molecule has 0 saturated heterocycles. The lowest BCUT2D eigenvalue weighted by molar-refractivity contribution is -0.142. The molecule has 0 fully saturated rings. The Morgan fingerprint density at radius 1 is 1.61 bits per heavy atom. The number of halogens is 3. The van der Waals surface area contributed by atoms with Crippen molar-refractivity contribution in [2.45, 2.75) is 26.3 Å². The summed E-state index contributed by atoms with van der Waals surface area (Å²) in [5.74, 6) is -0.562. The molecule has 0 atom stereocenters. The molecule has 0 aliphatic carbocycles. The van der Waals surface area contributed by atoms with Crippen molar-refractivity contribution in [3.05, 3.63) is 28.0 Å². The van der Waals surface area contributed by atoms with Crippen LogP contribution in [0.5, 0.6) is 0 Å². The molecule has 4 nitrogen and oxygen atoms in total. The zero-order chi connectivity index (χ0) is 13.7. The van der Waals surface area contributed by atoms with Crippen LogP contribution in [-0.2, 0) is 22.5 Å². The first-order valence-corrected chi connectivity index (χ1v) is 5.69. The number of alkyl halides is 2. The van der Waals surface area contributed by atoms with Gasteiger partial charge in [0.25, 0.3) is 6.43 Å². The Morgan fingerprint density at radius 3 is 2.78 bits per heavy atom. The van der Waals surface area contributed by atoms with Gasteiger partial charge in [-0.25, -0.2) is 8.78 Å². The van der Waals surface area contributed by atoms with E-state index in [2.05, 4.69) is 4.98 Å². The lowest BCUT2D eigenvalue weighted by Gasteiger charge is -2.12. The zero-order valence-corrected chi connectivity index (χ0v) is 10.5. The van der Waals surface area contributed by atoms with Crippen molar-refractivity contribution in [2.75, 3.05) is 6.61 Å². The molecule has 0 aliphatic heterocycles. The van der Waals surface area contributed by atoms with Crippen LogP contribution in [0.4, 0.5) is 8.78 Å². The van der Waals surface area contributed by atoms with Crippen molar-refractivity contribution in [2.24, 2.45) is 5.73 Å². The third-order valence-electron chi connectivity index (χ3n) is 2.27. The quantitative estimate of drug-likeness (QED) is 0.839. The monoisotopic (exact) mass is 278 g/mol. The van der Waals surface area contributed by atoms with Crippen LogP contribution in [0, 0.1) is 0 Å². The van der Waals surface area contributed by atoms with E-state index in [-0.39, 0.29) is 41.4 Å². The van der Waals surface area contributed by atoms with Gasteiger partial charge in [-0.3, -0.25) is 9.78 Å². The first-order chi connectivity index (χ1) is 8.51. The van der Waals surface area contributed by atoms with Crippen molar-refractivity contribution < 1.29 is 18.3 Å². The largest absolute Gasteiger partial charge is 0.466 e. The number of ether oxygens (including phenoxy) is 1. The van der Waals surface area contributed by atoms with Crippen LogP contribution in [0.2, 0.25) is 5.02 Å². The smallest absolute Gasteiger partial charge is 0.311 e. The second-order valence-corrected chi connectivity index (χ2v) is 3.82. The van der Waals surface area contributed by atoms with E-state index in [0.29, 0.717) is 0 Å². The number of pyridine rings is 1. The van der Waals surface area contributed by atoms with Crippen molar-refractivity contribution >= 4 is 17.6 Å². The molecule has 1 aromatic heterocycles. The van der Waals surface area contributed by atoms with Crippen LogP contribution in [0.25, 0.3) is 0 Å². The Hall–Kier alpha value is -1.27. The number of hydrogen-bond donors (Lipinski definition) is 1. The van der Waals surface area contributed by atoms with E-state index in [4.69, 9.17) is 22.1 Å². The number of carbonyl (C=O) groups is 1. The lowest BCUT2D eigenvalue weighted by atomic mass is 10.1. The predicted molar refractivity (Wildman–Crippen MR) is 62.4 cm³/mol. The molecule has 0 amide bonds. The van der Waals surface area contributed by atoms with Crippen LogP contribution in [0.3, 0.4) is 0 Å². The Bertz CT molecular complexity index is 441. The molecule has 1 heterocycles. The molecule has 7 heteroatoms. The molecule has 1 aromatic rings. The highest BCUT2D eigenvalue weighted by Crippen LogP contribution is 2.32. The molecule has 2 N–H and O–H groups in total. The number of esters is 1. The molecule has 1 rings (SSSR count). The molecule has 0 aromatic carbocycles. The molecule has 0 aliphatic rings. The minimum Gasteiger partial charge on any atom is -0.466 e. The summed E-state index contributed by atoms with van der Waals surface area (Å²) in [5.41, 5.74) is 5.21. The summed E-state index contributed by atoms with van der Waals surface area (Å²) in [7, 11) is 0. The topological polar surface area (TPSA) is 65.2 Å². The van der Waals surface area contributed by atoms with E-state index in [0.717, 1.165) is 0 Å². The Morgan fingerprint density at radius 2 is 2.28 bits per heavy atom. The van der Waals surface area contributed by atoms with Crippen LogP contribution >= 0.6 is 11.6 Å². The maximum atomic E-state index is 12.9. The summed E-state index contributed by atoms with van der Waals surface area (Å²) in [6.07, 6.45) is -1.79. The third-order valence-corrected chi connectivity index (χ3v) is 2.69. The maximum Gasteiger partial charge on any atom is 0.311 e. The van der Waals surface area contributed by atoms with Crippen molar-refractivity contribution in [3.8, 4) is 0 Å². The average molecular weight is 279 g/mol. The fraction of sp³-hybridized carbons (Fsp3) is 0.455. The second kappa shape index (κ2) is 6.61. The fourth-order valence-corrected chi connectivity index (χ4v) is 1.77. The maximum absolute atomic E-state index is 12.9. The first kappa shape index (κ1) is 14.8. The summed E-state index contributed by atoms with van der Waals surface area (Å²) in [4.78, 5) is 15.1. The molecule has 0 radical (unpaired) electrons. The van der Waals surface area contributed by atoms with E-state index in [1.807, 2.05) is 0 Å². The van der Waals surface area contributed by atoms with Gasteiger partial charge in [0.05, 0.1) is 23.7 Å². The van der Waals surface area contributed by atoms with Gasteiger partial charge < -0.3 is 10.5 Å². The van der Waals surface area contributed by atoms with E-state index in [1.165, 1.54) is 6.20 Å². The van der Waals surface area contributed by atoms with Gasteiger partial charge in [-0.05, 0) is 12.5 Å². The molecular weight excluding hydrogens is 266 g/mol. The minimum atomic E-state index is -2.76. The van der Waals surface area contributed by atoms with Crippen molar-refractivity contribution in [1.82, 2.24) is 4.98 Å². The second-order valence-electron chi connectivity index (χ2n) is 3.44. The van der Waals surface area contributed by atoms with Gasteiger partial charge in [-0.1, -0.05) is 11.6 Å². The highest BCUT2D eigenvalue weighted by atomic mass is 35.5. The van der Waals surface area contributed by atoms with Crippen molar-refractivity contribution in [3.63, 3.8) is 0 Å². The van der Waals surface area contributed by atoms with Gasteiger partial charge in [-0.15, -0.1) is 0 Å². The molecule has 100 valence electrons. The summed E-state index contributed by atoms with van der Waals surface area (Å²) >= 11 is 5.83. The molecule has 18 heavy (non-hydrogen) atoms. The summed E-state index contributed by atoms with van der Waals surface area (Å²) in [6, 6.07) is 0. The van der Waals surface area contributed by atoms with Crippen LogP contribution in [0.1, 0.15) is 30.2 Å². The summed E-state index contributed by atoms with van der Waals surface area (Å²) in [5, 5.41) is -0.221.